The second-order valence-electron chi connectivity index (χ2n) is 2.98. The smallest absolute Gasteiger partial charge is 0.254 e. The second kappa shape index (κ2) is 6.91. The lowest BCUT2D eigenvalue weighted by Gasteiger charge is -2.05. The van der Waals surface area contributed by atoms with E-state index in [9.17, 15) is 10.1 Å². The van der Waals surface area contributed by atoms with E-state index < -0.39 is 17.0 Å². The van der Waals surface area contributed by atoms with Crippen LogP contribution < -0.4 is 5.73 Å². The van der Waals surface area contributed by atoms with Crippen molar-refractivity contribution in [3.05, 3.63) is 22.3 Å². The quantitative estimate of drug-likeness (QED) is 0.282. The molecule has 0 saturated heterocycles. The minimum atomic E-state index is -0.967. The molecule has 0 spiro atoms. The third-order valence-corrected chi connectivity index (χ3v) is 1.68. The normalized spacial score (nSPS) is 16.6. The molecule has 2 atom stereocenters. The van der Waals surface area contributed by atoms with E-state index in [1.165, 1.54) is 19.3 Å². The Hall–Kier alpha value is -1.47. The molecule has 15 heavy (non-hydrogen) atoms. The molecule has 86 valence electrons. The summed E-state index contributed by atoms with van der Waals surface area (Å²) in [6.07, 6.45) is 2.60. The van der Waals surface area contributed by atoms with Crippen LogP contribution in [0.5, 0.6) is 0 Å². The van der Waals surface area contributed by atoms with E-state index in [2.05, 4.69) is 9.89 Å². The molecule has 0 bridgehead atoms. The fourth-order valence-corrected chi connectivity index (χ4v) is 0.843. The number of nitrogens with two attached hydrogens (primary N) is 1. The van der Waals surface area contributed by atoms with Crippen molar-refractivity contribution in [3.8, 4) is 0 Å². The van der Waals surface area contributed by atoms with Gasteiger partial charge in [0.05, 0.1) is 5.71 Å². The zero-order chi connectivity index (χ0) is 11.8. The van der Waals surface area contributed by atoms with Crippen molar-refractivity contribution < 1.29 is 14.9 Å². The molecular weight excluding hydrogens is 202 g/mol. The Morgan fingerprint density at radius 3 is 2.73 bits per heavy atom. The maximum absolute atomic E-state index is 10.5. The van der Waals surface area contributed by atoms with Gasteiger partial charge in [-0.3, -0.25) is 10.1 Å². The molecule has 0 heterocycles. The first-order valence-electron chi connectivity index (χ1n) is 4.31. The lowest BCUT2D eigenvalue weighted by molar-refractivity contribution is -0.512. The minimum Gasteiger partial charge on any atom is -0.411 e. The molecule has 0 fully saturated rings. The molecule has 0 radical (unpaired) electrons. The summed E-state index contributed by atoms with van der Waals surface area (Å²) >= 11 is 0. The molecule has 0 aliphatic rings. The fraction of sp³-hybridized carbons (Fsp3) is 0.625. The summed E-state index contributed by atoms with van der Waals surface area (Å²) in [7, 11) is 1.37. The molecule has 0 aliphatic heterocycles. The number of ether oxygens (including phenoxy) is 1. The van der Waals surface area contributed by atoms with Crippen LogP contribution in [0.3, 0.4) is 0 Å². The average Bonchev–Trinajstić information content (AvgIpc) is 2.16. The molecule has 0 amide bonds. The Kier molecular flexibility index (Phi) is 6.23. The van der Waals surface area contributed by atoms with Gasteiger partial charge in [-0.15, -0.1) is 0 Å². The highest BCUT2D eigenvalue weighted by Gasteiger charge is 2.16. The minimum absolute atomic E-state index is 0.0405. The third kappa shape index (κ3) is 5.08. The van der Waals surface area contributed by atoms with Crippen molar-refractivity contribution >= 4 is 5.71 Å². The SMILES string of the molecule is COCC(/C=C/C(=N\O)C(C)N)[N+](=O)[O-]. The Labute approximate surface area is 87.4 Å². The summed E-state index contributed by atoms with van der Waals surface area (Å²) in [5.41, 5.74) is 5.62. The van der Waals surface area contributed by atoms with E-state index in [0.717, 1.165) is 0 Å². The Morgan fingerprint density at radius 2 is 2.40 bits per heavy atom. The molecule has 2 unspecified atom stereocenters. The van der Waals surface area contributed by atoms with Gasteiger partial charge in [-0.05, 0) is 19.1 Å². The standard InChI is InChI=1S/C8H15N3O4/c1-6(9)8(10-12)4-3-7(5-15-2)11(13)14/h3-4,6-7,12H,5,9H2,1-2H3/b4-3+,10-8+. The van der Waals surface area contributed by atoms with Gasteiger partial charge >= 0.3 is 0 Å². The number of oxime groups is 1. The van der Waals surface area contributed by atoms with E-state index in [-0.39, 0.29) is 12.3 Å². The maximum Gasteiger partial charge on any atom is 0.254 e. The van der Waals surface area contributed by atoms with Crippen LogP contribution in [0.2, 0.25) is 0 Å². The molecule has 0 aliphatic carbocycles. The van der Waals surface area contributed by atoms with Gasteiger partial charge in [-0.25, -0.2) is 0 Å². The van der Waals surface area contributed by atoms with Gasteiger partial charge in [-0.1, -0.05) is 5.16 Å². The van der Waals surface area contributed by atoms with E-state index in [4.69, 9.17) is 10.9 Å². The lowest BCUT2D eigenvalue weighted by atomic mass is 10.2. The Balaban J connectivity index is 4.51. The fourth-order valence-electron chi connectivity index (χ4n) is 0.843. The highest BCUT2D eigenvalue weighted by Crippen LogP contribution is 1.96. The maximum atomic E-state index is 10.5. The Bertz CT molecular complexity index is 263. The number of hydrogen-bond donors (Lipinski definition) is 2. The van der Waals surface area contributed by atoms with Gasteiger partial charge in [0, 0.05) is 18.1 Å². The van der Waals surface area contributed by atoms with E-state index >= 15 is 0 Å². The summed E-state index contributed by atoms with van der Waals surface area (Å²) in [6, 6.07) is -1.45. The van der Waals surface area contributed by atoms with Crippen LogP contribution in [0.15, 0.2) is 17.3 Å². The largest absolute Gasteiger partial charge is 0.411 e. The first-order valence-corrected chi connectivity index (χ1v) is 4.31. The molecule has 7 heteroatoms. The van der Waals surface area contributed by atoms with Gasteiger partial charge in [-0.2, -0.15) is 0 Å². The van der Waals surface area contributed by atoms with Gasteiger partial charge in [0.25, 0.3) is 6.04 Å². The van der Waals surface area contributed by atoms with Crippen molar-refractivity contribution in [2.75, 3.05) is 13.7 Å². The molecule has 0 saturated carbocycles. The van der Waals surface area contributed by atoms with Crippen LogP contribution in [0.1, 0.15) is 6.92 Å². The van der Waals surface area contributed by atoms with Crippen LogP contribution in [0.25, 0.3) is 0 Å². The summed E-state index contributed by atoms with van der Waals surface area (Å²) in [5, 5.41) is 22.0. The van der Waals surface area contributed by atoms with E-state index in [0.29, 0.717) is 0 Å². The third-order valence-electron chi connectivity index (χ3n) is 1.68. The number of nitro groups is 1. The number of nitrogens with zero attached hydrogens (tertiary/aromatic N) is 2. The molecule has 0 aromatic carbocycles. The van der Waals surface area contributed by atoms with Crippen molar-refractivity contribution in [2.45, 2.75) is 19.0 Å². The number of rotatable bonds is 6. The molecule has 0 rings (SSSR count). The van der Waals surface area contributed by atoms with Gasteiger partial charge in [0.2, 0.25) is 0 Å². The summed E-state index contributed by atoms with van der Waals surface area (Å²) < 4.78 is 4.67. The topological polar surface area (TPSA) is 111 Å². The molecule has 3 N–H and O–H groups in total. The summed E-state index contributed by atoms with van der Waals surface area (Å²) in [4.78, 5) is 10.0. The number of hydrogen-bond acceptors (Lipinski definition) is 6. The zero-order valence-corrected chi connectivity index (χ0v) is 8.66. The van der Waals surface area contributed by atoms with Crippen molar-refractivity contribution in [2.24, 2.45) is 10.9 Å². The second-order valence-corrected chi connectivity index (χ2v) is 2.98. The van der Waals surface area contributed by atoms with Crippen molar-refractivity contribution in [1.82, 2.24) is 0 Å². The van der Waals surface area contributed by atoms with Gasteiger partial charge in [0.1, 0.15) is 6.61 Å². The predicted octanol–water partition coefficient (Wildman–Crippen LogP) is 0.0117. The van der Waals surface area contributed by atoms with Gasteiger partial charge < -0.3 is 15.7 Å². The molecule has 0 aromatic heterocycles. The van der Waals surface area contributed by atoms with Crippen molar-refractivity contribution in [3.63, 3.8) is 0 Å². The van der Waals surface area contributed by atoms with Crippen LogP contribution in [-0.4, -0.2) is 41.6 Å². The first-order chi connectivity index (χ1) is 7.02. The Morgan fingerprint density at radius 1 is 1.80 bits per heavy atom. The number of methoxy groups -OCH3 is 1. The zero-order valence-electron chi connectivity index (χ0n) is 8.66. The summed E-state index contributed by atoms with van der Waals surface area (Å²) in [6.45, 7) is 1.57. The molecule has 0 aromatic rings. The monoisotopic (exact) mass is 217 g/mol. The molecular formula is C8H15N3O4. The summed E-state index contributed by atoms with van der Waals surface area (Å²) in [5.74, 6) is 0. The van der Waals surface area contributed by atoms with Gasteiger partial charge in [0.15, 0.2) is 0 Å². The van der Waals surface area contributed by atoms with Crippen LogP contribution in [-0.2, 0) is 4.74 Å². The average molecular weight is 217 g/mol. The molecule has 7 nitrogen and oxygen atoms in total. The van der Waals surface area contributed by atoms with E-state index in [1.807, 2.05) is 0 Å². The van der Waals surface area contributed by atoms with E-state index in [1.54, 1.807) is 6.92 Å². The van der Waals surface area contributed by atoms with Crippen LogP contribution >= 0.6 is 0 Å². The van der Waals surface area contributed by atoms with Crippen molar-refractivity contribution in [1.29, 1.82) is 0 Å². The highest BCUT2D eigenvalue weighted by atomic mass is 16.6. The predicted molar refractivity (Wildman–Crippen MR) is 54.7 cm³/mol. The first kappa shape index (κ1) is 13.5. The lowest BCUT2D eigenvalue weighted by Crippen LogP contribution is -2.27. The highest BCUT2D eigenvalue weighted by molar-refractivity contribution is 5.98. The van der Waals surface area contributed by atoms with Crippen LogP contribution in [0.4, 0.5) is 0 Å². The van der Waals surface area contributed by atoms with Crippen LogP contribution in [0, 0.1) is 10.1 Å².